The third-order valence-corrected chi connectivity index (χ3v) is 3.75. The summed E-state index contributed by atoms with van der Waals surface area (Å²) in [5.74, 6) is 0.544. The molecule has 0 radical (unpaired) electrons. The Morgan fingerprint density at radius 1 is 1.19 bits per heavy atom. The standard InChI is InChI=1S/C17H19BrFNO/c1-4-20-12(3)14-7-6-13(18)10-16(14)21-17-9-11(2)5-8-15(17)19/h5-10,12,20H,4H2,1-3H3. The molecule has 0 saturated carbocycles. The maximum absolute atomic E-state index is 13.9. The van der Waals surface area contributed by atoms with Crippen molar-refractivity contribution in [1.29, 1.82) is 0 Å². The SMILES string of the molecule is CCNC(C)c1ccc(Br)cc1Oc1cc(C)ccc1F. The van der Waals surface area contributed by atoms with Gasteiger partial charge in [-0.15, -0.1) is 0 Å². The molecule has 2 aromatic carbocycles. The Kier molecular flexibility index (Phi) is 5.37. The van der Waals surface area contributed by atoms with Gasteiger partial charge in [0.1, 0.15) is 5.75 Å². The van der Waals surface area contributed by atoms with Crippen molar-refractivity contribution >= 4 is 15.9 Å². The van der Waals surface area contributed by atoms with Crippen LogP contribution in [0.25, 0.3) is 0 Å². The smallest absolute Gasteiger partial charge is 0.165 e. The van der Waals surface area contributed by atoms with Gasteiger partial charge in [-0.2, -0.15) is 0 Å². The zero-order valence-corrected chi connectivity index (χ0v) is 14.0. The molecule has 0 aliphatic rings. The second-order valence-electron chi connectivity index (χ2n) is 5.00. The van der Waals surface area contributed by atoms with Gasteiger partial charge < -0.3 is 10.1 Å². The zero-order chi connectivity index (χ0) is 15.4. The molecule has 0 aliphatic carbocycles. The van der Waals surface area contributed by atoms with E-state index in [2.05, 4.69) is 35.1 Å². The average Bonchev–Trinajstić information content (AvgIpc) is 2.43. The number of nitrogens with one attached hydrogen (secondary N) is 1. The first kappa shape index (κ1) is 16.0. The second-order valence-corrected chi connectivity index (χ2v) is 5.91. The number of halogens is 2. The molecule has 0 amide bonds. The van der Waals surface area contributed by atoms with Gasteiger partial charge in [-0.3, -0.25) is 0 Å². The predicted molar refractivity (Wildman–Crippen MR) is 87.4 cm³/mol. The molecule has 2 aromatic rings. The van der Waals surface area contributed by atoms with Gasteiger partial charge in [0.05, 0.1) is 0 Å². The van der Waals surface area contributed by atoms with Crippen LogP contribution in [0.3, 0.4) is 0 Å². The van der Waals surface area contributed by atoms with E-state index in [0.717, 1.165) is 22.1 Å². The molecule has 1 unspecified atom stereocenters. The van der Waals surface area contributed by atoms with E-state index in [0.29, 0.717) is 5.75 Å². The van der Waals surface area contributed by atoms with Crippen molar-refractivity contribution in [2.45, 2.75) is 26.8 Å². The summed E-state index contributed by atoms with van der Waals surface area (Å²) in [5, 5.41) is 3.34. The summed E-state index contributed by atoms with van der Waals surface area (Å²) in [4.78, 5) is 0. The topological polar surface area (TPSA) is 21.3 Å². The number of rotatable bonds is 5. The summed E-state index contributed by atoms with van der Waals surface area (Å²) in [6.45, 7) is 6.88. The molecule has 0 aromatic heterocycles. The van der Waals surface area contributed by atoms with Crippen LogP contribution in [0.2, 0.25) is 0 Å². The highest BCUT2D eigenvalue weighted by Gasteiger charge is 2.14. The van der Waals surface area contributed by atoms with E-state index < -0.39 is 0 Å². The molecular weight excluding hydrogens is 333 g/mol. The second kappa shape index (κ2) is 7.05. The van der Waals surface area contributed by atoms with Crippen LogP contribution >= 0.6 is 15.9 Å². The van der Waals surface area contributed by atoms with Gasteiger partial charge in [-0.25, -0.2) is 4.39 Å². The molecule has 1 atom stereocenters. The van der Waals surface area contributed by atoms with Crippen LogP contribution in [-0.4, -0.2) is 6.54 Å². The summed E-state index contributed by atoms with van der Waals surface area (Å²) in [6.07, 6.45) is 0. The van der Waals surface area contributed by atoms with E-state index >= 15 is 0 Å². The Hall–Kier alpha value is -1.39. The lowest BCUT2D eigenvalue weighted by atomic mass is 10.1. The van der Waals surface area contributed by atoms with Gasteiger partial charge in [-0.1, -0.05) is 35.0 Å². The molecule has 4 heteroatoms. The number of ether oxygens (including phenoxy) is 1. The fraction of sp³-hybridized carbons (Fsp3) is 0.294. The third-order valence-electron chi connectivity index (χ3n) is 3.26. The molecule has 0 bridgehead atoms. The van der Waals surface area contributed by atoms with Crippen LogP contribution in [0.5, 0.6) is 11.5 Å². The Balaban J connectivity index is 2.38. The molecule has 0 fully saturated rings. The van der Waals surface area contributed by atoms with Crippen LogP contribution < -0.4 is 10.1 Å². The van der Waals surface area contributed by atoms with E-state index in [1.807, 2.05) is 25.1 Å². The van der Waals surface area contributed by atoms with E-state index in [4.69, 9.17) is 4.74 Å². The highest BCUT2D eigenvalue weighted by molar-refractivity contribution is 9.10. The van der Waals surface area contributed by atoms with Crippen molar-refractivity contribution in [3.63, 3.8) is 0 Å². The van der Waals surface area contributed by atoms with Gasteiger partial charge in [0.2, 0.25) is 0 Å². The van der Waals surface area contributed by atoms with Crippen LogP contribution in [-0.2, 0) is 0 Å². The maximum atomic E-state index is 13.9. The highest BCUT2D eigenvalue weighted by Crippen LogP contribution is 2.33. The van der Waals surface area contributed by atoms with Gasteiger partial charge in [0, 0.05) is 16.1 Å². The molecule has 0 aliphatic heterocycles. The average molecular weight is 352 g/mol. The molecule has 0 spiro atoms. The minimum atomic E-state index is -0.359. The predicted octanol–water partition coefficient (Wildman–Crippen LogP) is 5.36. The molecule has 2 rings (SSSR count). The lowest BCUT2D eigenvalue weighted by molar-refractivity contribution is 0.429. The molecule has 0 heterocycles. The van der Waals surface area contributed by atoms with Crippen molar-refractivity contribution in [2.75, 3.05) is 6.54 Å². The van der Waals surface area contributed by atoms with Gasteiger partial charge in [-0.05, 0) is 50.2 Å². The molecule has 112 valence electrons. The van der Waals surface area contributed by atoms with E-state index in [1.54, 1.807) is 12.1 Å². The van der Waals surface area contributed by atoms with E-state index in [9.17, 15) is 4.39 Å². The van der Waals surface area contributed by atoms with Crippen molar-refractivity contribution in [1.82, 2.24) is 5.32 Å². The summed E-state index contributed by atoms with van der Waals surface area (Å²) in [6, 6.07) is 10.8. The van der Waals surface area contributed by atoms with Crippen LogP contribution in [0.4, 0.5) is 4.39 Å². The Labute approximate surface area is 133 Å². The number of hydrogen-bond donors (Lipinski definition) is 1. The fourth-order valence-electron chi connectivity index (χ4n) is 2.18. The lowest BCUT2D eigenvalue weighted by Crippen LogP contribution is -2.18. The van der Waals surface area contributed by atoms with Crippen molar-refractivity contribution in [3.05, 3.63) is 57.8 Å². The van der Waals surface area contributed by atoms with Gasteiger partial charge in [0.15, 0.2) is 11.6 Å². The first-order valence-electron chi connectivity index (χ1n) is 6.98. The molecule has 1 N–H and O–H groups in total. The van der Waals surface area contributed by atoms with Gasteiger partial charge in [0.25, 0.3) is 0 Å². The molecule has 0 saturated heterocycles. The minimum absolute atomic E-state index is 0.131. The van der Waals surface area contributed by atoms with Crippen LogP contribution in [0, 0.1) is 12.7 Å². The number of aryl methyl sites for hydroxylation is 1. The highest BCUT2D eigenvalue weighted by atomic mass is 79.9. The molecular formula is C17H19BrFNO. The summed E-state index contributed by atoms with van der Waals surface area (Å²) < 4.78 is 20.6. The monoisotopic (exact) mass is 351 g/mol. The minimum Gasteiger partial charge on any atom is -0.454 e. The largest absolute Gasteiger partial charge is 0.454 e. The number of hydrogen-bond acceptors (Lipinski definition) is 2. The fourth-order valence-corrected chi connectivity index (χ4v) is 2.52. The lowest BCUT2D eigenvalue weighted by Gasteiger charge is -2.18. The Bertz CT molecular complexity index is 630. The van der Waals surface area contributed by atoms with Crippen LogP contribution in [0.1, 0.15) is 31.0 Å². The normalized spacial score (nSPS) is 12.2. The molecule has 21 heavy (non-hydrogen) atoms. The van der Waals surface area contributed by atoms with E-state index in [-0.39, 0.29) is 17.6 Å². The first-order chi connectivity index (χ1) is 10.0. The quantitative estimate of drug-likeness (QED) is 0.782. The zero-order valence-electron chi connectivity index (χ0n) is 12.4. The van der Waals surface area contributed by atoms with Gasteiger partial charge >= 0.3 is 0 Å². The molecule has 2 nitrogen and oxygen atoms in total. The van der Waals surface area contributed by atoms with E-state index in [1.165, 1.54) is 6.07 Å². The third kappa shape index (κ3) is 4.05. The van der Waals surface area contributed by atoms with Crippen molar-refractivity contribution in [2.24, 2.45) is 0 Å². The summed E-state index contributed by atoms with van der Waals surface area (Å²) in [7, 11) is 0. The summed E-state index contributed by atoms with van der Waals surface area (Å²) in [5.41, 5.74) is 1.96. The Morgan fingerprint density at radius 2 is 1.95 bits per heavy atom. The first-order valence-corrected chi connectivity index (χ1v) is 7.77. The maximum Gasteiger partial charge on any atom is 0.165 e. The van der Waals surface area contributed by atoms with Crippen molar-refractivity contribution in [3.8, 4) is 11.5 Å². The number of benzene rings is 2. The summed E-state index contributed by atoms with van der Waals surface area (Å²) >= 11 is 3.44. The van der Waals surface area contributed by atoms with Crippen molar-refractivity contribution < 1.29 is 9.13 Å². The Morgan fingerprint density at radius 3 is 2.67 bits per heavy atom. The van der Waals surface area contributed by atoms with Crippen LogP contribution in [0.15, 0.2) is 40.9 Å².